The van der Waals surface area contributed by atoms with Crippen LogP contribution in [0.15, 0.2) is 60.0 Å². The van der Waals surface area contributed by atoms with Crippen molar-refractivity contribution in [1.82, 2.24) is 10.2 Å². The van der Waals surface area contributed by atoms with E-state index in [1.54, 1.807) is 35.6 Å². The lowest BCUT2D eigenvalue weighted by Crippen LogP contribution is -2.52. The topological polar surface area (TPSA) is 54.0 Å². The van der Waals surface area contributed by atoms with Gasteiger partial charge in [-0.1, -0.05) is 18.2 Å². The first-order valence-electron chi connectivity index (χ1n) is 11.1. The number of rotatable bonds is 6. The summed E-state index contributed by atoms with van der Waals surface area (Å²) in [6.07, 6.45) is 0. The van der Waals surface area contributed by atoms with Gasteiger partial charge in [-0.05, 0) is 48.7 Å². The monoisotopic (exact) mass is 467 g/mol. The highest BCUT2D eigenvalue weighted by Crippen LogP contribution is 2.33. The van der Waals surface area contributed by atoms with Crippen LogP contribution in [0.25, 0.3) is 0 Å². The van der Waals surface area contributed by atoms with Gasteiger partial charge in [0.25, 0.3) is 5.91 Å². The molecular formula is C25H26FN3O3S. The summed E-state index contributed by atoms with van der Waals surface area (Å²) in [5.74, 6) is 0.913. The van der Waals surface area contributed by atoms with Crippen molar-refractivity contribution in [1.29, 1.82) is 0 Å². The molecule has 1 saturated heterocycles. The van der Waals surface area contributed by atoms with E-state index in [9.17, 15) is 9.18 Å². The molecule has 3 aromatic rings. The zero-order valence-electron chi connectivity index (χ0n) is 18.4. The van der Waals surface area contributed by atoms with Crippen LogP contribution in [-0.4, -0.2) is 49.8 Å². The first-order chi connectivity index (χ1) is 16.1. The first kappa shape index (κ1) is 21.7. The number of hydrogen-bond acceptors (Lipinski definition) is 6. The number of fused-ring (bicyclic) bond motifs is 1. The van der Waals surface area contributed by atoms with Crippen molar-refractivity contribution in [3.63, 3.8) is 0 Å². The maximum absolute atomic E-state index is 14.3. The summed E-state index contributed by atoms with van der Waals surface area (Å²) in [6, 6.07) is 16.2. The lowest BCUT2D eigenvalue weighted by atomic mass is 10.0. The Morgan fingerprint density at radius 2 is 1.82 bits per heavy atom. The third kappa shape index (κ3) is 4.54. The van der Waals surface area contributed by atoms with Crippen molar-refractivity contribution in [3.05, 3.63) is 76.2 Å². The van der Waals surface area contributed by atoms with Crippen molar-refractivity contribution in [2.45, 2.75) is 19.0 Å². The van der Waals surface area contributed by atoms with Crippen molar-refractivity contribution in [3.8, 4) is 11.5 Å². The van der Waals surface area contributed by atoms with Gasteiger partial charge >= 0.3 is 0 Å². The fraction of sp³-hybridized carbons (Fsp3) is 0.320. The Morgan fingerprint density at radius 3 is 2.58 bits per heavy atom. The van der Waals surface area contributed by atoms with Crippen LogP contribution in [-0.2, 0) is 0 Å². The normalized spacial score (nSPS) is 17.6. The minimum Gasteiger partial charge on any atom is -0.454 e. The van der Waals surface area contributed by atoms with Crippen LogP contribution in [0.5, 0.6) is 11.5 Å². The van der Waals surface area contributed by atoms with Gasteiger partial charge in [0.2, 0.25) is 6.79 Å². The van der Waals surface area contributed by atoms with E-state index in [4.69, 9.17) is 9.47 Å². The van der Waals surface area contributed by atoms with Crippen molar-refractivity contribution in [2.24, 2.45) is 0 Å². The summed E-state index contributed by atoms with van der Waals surface area (Å²) in [6.45, 7) is 5.23. The van der Waals surface area contributed by atoms with Crippen LogP contribution in [0, 0.1) is 5.82 Å². The molecule has 0 aliphatic carbocycles. The standard InChI is InChI=1S/C25H26FN3O3S/c1-17(27-25(30)18-8-9-21-22(15-18)32-16-31-21)24(23-7-4-14-33-23)29-12-10-28(11-13-29)20-6-3-2-5-19(20)26/h2-9,14-15,17,24H,10-13,16H2,1H3,(H,27,30)/t17-,24-/m0/s1. The molecule has 2 aromatic carbocycles. The fourth-order valence-corrected chi connectivity index (χ4v) is 5.52. The third-order valence-electron chi connectivity index (χ3n) is 6.20. The minimum absolute atomic E-state index is 0.0331. The highest BCUT2D eigenvalue weighted by atomic mass is 32.1. The molecule has 5 rings (SSSR count). The Balaban J connectivity index is 1.29. The largest absolute Gasteiger partial charge is 0.454 e. The summed E-state index contributed by atoms with van der Waals surface area (Å²) in [5, 5.41) is 5.24. The second kappa shape index (κ2) is 9.41. The average Bonchev–Trinajstić information content (AvgIpc) is 3.52. The number of hydrogen-bond donors (Lipinski definition) is 1. The van der Waals surface area contributed by atoms with E-state index in [1.807, 2.05) is 25.1 Å². The Hall–Kier alpha value is -3.10. The number of para-hydroxylation sites is 1. The summed E-state index contributed by atoms with van der Waals surface area (Å²) < 4.78 is 25.0. The Bertz CT molecular complexity index is 1120. The molecule has 1 fully saturated rings. The zero-order chi connectivity index (χ0) is 22.8. The number of anilines is 1. The molecule has 8 heteroatoms. The van der Waals surface area contributed by atoms with Crippen LogP contribution < -0.4 is 19.7 Å². The van der Waals surface area contributed by atoms with Crippen LogP contribution in [0.2, 0.25) is 0 Å². The lowest BCUT2D eigenvalue weighted by Gasteiger charge is -2.42. The number of carbonyl (C=O) groups is 1. The van der Waals surface area contributed by atoms with Gasteiger partial charge in [0.1, 0.15) is 5.82 Å². The number of ether oxygens (including phenoxy) is 2. The average molecular weight is 468 g/mol. The van der Waals surface area contributed by atoms with E-state index < -0.39 is 0 Å². The van der Waals surface area contributed by atoms with E-state index in [-0.39, 0.29) is 30.6 Å². The highest BCUT2D eigenvalue weighted by molar-refractivity contribution is 7.10. The number of amides is 1. The number of thiophene rings is 1. The number of nitrogens with one attached hydrogen (secondary N) is 1. The molecule has 1 aromatic heterocycles. The van der Waals surface area contributed by atoms with Crippen molar-refractivity contribution >= 4 is 22.9 Å². The predicted molar refractivity (Wildman–Crippen MR) is 127 cm³/mol. The molecule has 0 bridgehead atoms. The Labute approximate surface area is 196 Å². The molecule has 0 unspecified atom stereocenters. The van der Waals surface area contributed by atoms with Gasteiger partial charge < -0.3 is 19.7 Å². The lowest BCUT2D eigenvalue weighted by molar-refractivity contribution is 0.0890. The highest BCUT2D eigenvalue weighted by Gasteiger charge is 2.31. The molecule has 0 spiro atoms. The molecule has 2 aliphatic heterocycles. The molecule has 172 valence electrons. The van der Waals surface area contributed by atoms with Gasteiger partial charge in [-0.25, -0.2) is 4.39 Å². The van der Waals surface area contributed by atoms with Crippen LogP contribution >= 0.6 is 11.3 Å². The van der Waals surface area contributed by atoms with Crippen molar-refractivity contribution in [2.75, 3.05) is 37.9 Å². The van der Waals surface area contributed by atoms with Crippen molar-refractivity contribution < 1.29 is 18.7 Å². The number of nitrogens with zero attached hydrogens (tertiary/aromatic N) is 2. The molecule has 3 heterocycles. The Kier molecular flexibility index (Phi) is 6.20. The van der Waals surface area contributed by atoms with Crippen LogP contribution in [0.4, 0.5) is 10.1 Å². The second-order valence-corrected chi connectivity index (χ2v) is 9.24. The van der Waals surface area contributed by atoms with Gasteiger partial charge in [-0.15, -0.1) is 11.3 Å². The second-order valence-electron chi connectivity index (χ2n) is 8.26. The van der Waals surface area contributed by atoms with E-state index in [2.05, 4.69) is 26.6 Å². The maximum Gasteiger partial charge on any atom is 0.251 e. The molecule has 0 radical (unpaired) electrons. The molecule has 0 saturated carbocycles. The van der Waals surface area contributed by atoms with E-state index in [0.29, 0.717) is 22.7 Å². The molecule has 6 nitrogen and oxygen atoms in total. The van der Waals surface area contributed by atoms with Gasteiger partial charge in [-0.2, -0.15) is 0 Å². The maximum atomic E-state index is 14.3. The summed E-state index contributed by atoms with van der Waals surface area (Å²) in [4.78, 5) is 18.7. The summed E-state index contributed by atoms with van der Waals surface area (Å²) in [7, 11) is 0. The molecule has 33 heavy (non-hydrogen) atoms. The molecular weight excluding hydrogens is 441 g/mol. The number of benzene rings is 2. The van der Waals surface area contributed by atoms with Gasteiger partial charge in [0.15, 0.2) is 11.5 Å². The van der Waals surface area contributed by atoms with Gasteiger partial charge in [-0.3, -0.25) is 9.69 Å². The molecule has 2 atom stereocenters. The number of carbonyl (C=O) groups excluding carboxylic acids is 1. The third-order valence-corrected chi connectivity index (χ3v) is 7.15. The van der Waals surface area contributed by atoms with Gasteiger partial charge in [0, 0.05) is 42.7 Å². The fourth-order valence-electron chi connectivity index (χ4n) is 4.56. The van der Waals surface area contributed by atoms with E-state index in [0.717, 1.165) is 26.2 Å². The smallest absolute Gasteiger partial charge is 0.251 e. The van der Waals surface area contributed by atoms with Crippen LogP contribution in [0.1, 0.15) is 28.2 Å². The summed E-state index contributed by atoms with van der Waals surface area (Å²) in [5.41, 5.74) is 1.19. The molecule has 2 aliphatic rings. The SMILES string of the molecule is C[C@H](NC(=O)c1ccc2c(c1)OCO2)[C@@H](c1cccs1)N1CCN(c2ccccc2F)CC1. The molecule has 1 N–H and O–H groups in total. The zero-order valence-corrected chi connectivity index (χ0v) is 19.2. The van der Waals surface area contributed by atoms with Crippen LogP contribution in [0.3, 0.4) is 0 Å². The summed E-state index contributed by atoms with van der Waals surface area (Å²) >= 11 is 1.69. The predicted octanol–water partition coefficient (Wildman–Crippen LogP) is 4.30. The number of piperazine rings is 1. The minimum atomic E-state index is -0.190. The van der Waals surface area contributed by atoms with E-state index in [1.165, 1.54) is 10.9 Å². The van der Waals surface area contributed by atoms with Gasteiger partial charge in [0.05, 0.1) is 11.7 Å². The molecule has 1 amide bonds. The quantitative estimate of drug-likeness (QED) is 0.586. The van der Waals surface area contributed by atoms with E-state index >= 15 is 0 Å². The number of halogens is 1. The Morgan fingerprint density at radius 1 is 1.03 bits per heavy atom. The first-order valence-corrected chi connectivity index (χ1v) is 12.0.